The first-order valence-electron chi connectivity index (χ1n) is 5.65. The third-order valence-corrected chi connectivity index (χ3v) is 2.47. The van der Waals surface area contributed by atoms with Gasteiger partial charge in [-0.3, -0.25) is 9.78 Å². The van der Waals surface area contributed by atoms with Crippen LogP contribution in [0.1, 0.15) is 29.9 Å². The summed E-state index contributed by atoms with van der Waals surface area (Å²) in [6.45, 7) is 4.51. The molecule has 0 N–H and O–H groups in total. The van der Waals surface area contributed by atoms with E-state index in [0.717, 1.165) is 22.9 Å². The number of hydrogen-bond acceptors (Lipinski definition) is 3. The highest BCUT2D eigenvalue weighted by atomic mass is 16.5. The minimum absolute atomic E-state index is 0.199. The van der Waals surface area contributed by atoms with Crippen molar-refractivity contribution >= 4 is 17.2 Å². The standard InChI is InChI=1S/C14H15NO2/c1-10(2)17-9-13-5-4-12-7-11(8-16)3-6-14(12)15-13/h3-8,10H,9H2,1-2H3. The van der Waals surface area contributed by atoms with Crippen molar-refractivity contribution in [2.24, 2.45) is 0 Å². The molecule has 1 heterocycles. The van der Waals surface area contributed by atoms with Crippen LogP contribution in [0.5, 0.6) is 0 Å². The molecule has 2 rings (SSSR count). The van der Waals surface area contributed by atoms with Gasteiger partial charge in [-0.2, -0.15) is 0 Å². The summed E-state index contributed by atoms with van der Waals surface area (Å²) in [4.78, 5) is 15.1. The third kappa shape index (κ3) is 2.88. The normalized spacial score (nSPS) is 11.0. The van der Waals surface area contributed by atoms with Crippen LogP contribution in [0.2, 0.25) is 0 Å². The molecule has 2 aromatic rings. The van der Waals surface area contributed by atoms with Gasteiger partial charge in [-0.25, -0.2) is 0 Å². The second-order valence-electron chi connectivity index (χ2n) is 4.23. The number of nitrogens with zero attached hydrogens (tertiary/aromatic N) is 1. The number of carbonyl (C=O) groups excluding carboxylic acids is 1. The summed E-state index contributed by atoms with van der Waals surface area (Å²) in [7, 11) is 0. The molecule has 0 aliphatic carbocycles. The zero-order valence-corrected chi connectivity index (χ0v) is 10.0. The predicted octanol–water partition coefficient (Wildman–Crippen LogP) is 2.97. The van der Waals surface area contributed by atoms with Crippen LogP contribution in [0.4, 0.5) is 0 Å². The van der Waals surface area contributed by atoms with Crippen LogP contribution in [0.25, 0.3) is 10.9 Å². The maximum atomic E-state index is 10.7. The first-order chi connectivity index (χ1) is 8.19. The van der Waals surface area contributed by atoms with Crippen LogP contribution in [-0.4, -0.2) is 17.4 Å². The van der Waals surface area contributed by atoms with Crippen molar-refractivity contribution in [1.29, 1.82) is 0 Å². The maximum Gasteiger partial charge on any atom is 0.150 e. The number of aromatic nitrogens is 1. The Labute approximate surface area is 100 Å². The molecule has 3 heteroatoms. The Hall–Kier alpha value is -1.74. The average Bonchev–Trinajstić information content (AvgIpc) is 2.35. The van der Waals surface area contributed by atoms with E-state index in [2.05, 4.69) is 4.98 Å². The number of ether oxygens (including phenoxy) is 1. The number of carbonyl (C=O) groups is 1. The van der Waals surface area contributed by atoms with Gasteiger partial charge in [0.1, 0.15) is 6.29 Å². The molecule has 0 radical (unpaired) electrons. The molecule has 3 nitrogen and oxygen atoms in total. The lowest BCUT2D eigenvalue weighted by atomic mass is 10.1. The number of fused-ring (bicyclic) bond motifs is 1. The number of aldehydes is 1. The van der Waals surface area contributed by atoms with Gasteiger partial charge < -0.3 is 4.74 Å². The van der Waals surface area contributed by atoms with E-state index in [1.807, 2.05) is 38.1 Å². The van der Waals surface area contributed by atoms with Crippen molar-refractivity contribution in [2.45, 2.75) is 26.6 Å². The molecule has 0 unspecified atom stereocenters. The zero-order valence-electron chi connectivity index (χ0n) is 10.0. The number of benzene rings is 1. The van der Waals surface area contributed by atoms with E-state index in [1.54, 1.807) is 6.07 Å². The van der Waals surface area contributed by atoms with Gasteiger partial charge in [0.15, 0.2) is 0 Å². The molecule has 0 bridgehead atoms. The molecule has 0 saturated carbocycles. The van der Waals surface area contributed by atoms with Gasteiger partial charge in [-0.05, 0) is 38.1 Å². The van der Waals surface area contributed by atoms with Crippen molar-refractivity contribution in [1.82, 2.24) is 4.98 Å². The van der Waals surface area contributed by atoms with Crippen LogP contribution >= 0.6 is 0 Å². The highest BCUT2D eigenvalue weighted by Gasteiger charge is 2.01. The van der Waals surface area contributed by atoms with Crippen molar-refractivity contribution in [3.05, 3.63) is 41.6 Å². The van der Waals surface area contributed by atoms with Crippen LogP contribution in [0, 0.1) is 0 Å². The molecule has 0 aliphatic heterocycles. The Morgan fingerprint density at radius 1 is 1.29 bits per heavy atom. The fourth-order valence-corrected chi connectivity index (χ4v) is 1.59. The van der Waals surface area contributed by atoms with E-state index < -0.39 is 0 Å². The van der Waals surface area contributed by atoms with Crippen LogP contribution < -0.4 is 0 Å². The molecule has 1 aromatic carbocycles. The Kier molecular flexibility index (Phi) is 3.49. The Bertz CT molecular complexity index is 535. The molecule has 0 saturated heterocycles. The van der Waals surface area contributed by atoms with Gasteiger partial charge in [-0.15, -0.1) is 0 Å². The van der Waals surface area contributed by atoms with Gasteiger partial charge in [0.05, 0.1) is 23.9 Å². The minimum atomic E-state index is 0.199. The van der Waals surface area contributed by atoms with Crippen molar-refractivity contribution < 1.29 is 9.53 Å². The number of rotatable bonds is 4. The Balaban J connectivity index is 2.28. The quantitative estimate of drug-likeness (QED) is 0.756. The van der Waals surface area contributed by atoms with Crippen LogP contribution in [0.15, 0.2) is 30.3 Å². The summed E-state index contributed by atoms with van der Waals surface area (Å²) < 4.78 is 5.50. The largest absolute Gasteiger partial charge is 0.373 e. The van der Waals surface area contributed by atoms with Crippen molar-refractivity contribution in [3.8, 4) is 0 Å². The molecule has 0 aliphatic rings. The highest BCUT2D eigenvalue weighted by Crippen LogP contribution is 2.14. The van der Waals surface area contributed by atoms with E-state index in [1.165, 1.54) is 0 Å². The first-order valence-corrected chi connectivity index (χ1v) is 5.65. The fraction of sp³-hybridized carbons (Fsp3) is 0.286. The van der Waals surface area contributed by atoms with E-state index in [0.29, 0.717) is 12.2 Å². The molecule has 0 atom stereocenters. The lowest BCUT2D eigenvalue weighted by Crippen LogP contribution is -2.03. The molecule has 1 aromatic heterocycles. The van der Waals surface area contributed by atoms with Crippen molar-refractivity contribution in [3.63, 3.8) is 0 Å². The van der Waals surface area contributed by atoms with E-state index in [9.17, 15) is 4.79 Å². The van der Waals surface area contributed by atoms with E-state index >= 15 is 0 Å². The smallest absolute Gasteiger partial charge is 0.150 e. The second-order valence-corrected chi connectivity index (χ2v) is 4.23. The first kappa shape index (κ1) is 11.7. The summed E-state index contributed by atoms with van der Waals surface area (Å²) >= 11 is 0. The van der Waals surface area contributed by atoms with Crippen LogP contribution in [0.3, 0.4) is 0 Å². The summed E-state index contributed by atoms with van der Waals surface area (Å²) in [6, 6.07) is 9.36. The SMILES string of the molecule is CC(C)OCc1ccc2cc(C=O)ccc2n1. The summed E-state index contributed by atoms with van der Waals surface area (Å²) in [5, 5.41) is 0.975. The molecular weight excluding hydrogens is 214 g/mol. The summed E-state index contributed by atoms with van der Waals surface area (Å²) in [5.74, 6) is 0. The molecule has 0 amide bonds. The molecule has 17 heavy (non-hydrogen) atoms. The molecule has 0 spiro atoms. The molecular formula is C14H15NO2. The third-order valence-electron chi connectivity index (χ3n) is 2.47. The monoisotopic (exact) mass is 229 g/mol. The molecule has 0 fully saturated rings. The van der Waals surface area contributed by atoms with E-state index in [4.69, 9.17) is 4.74 Å². The zero-order chi connectivity index (χ0) is 12.3. The predicted molar refractivity (Wildman–Crippen MR) is 67.1 cm³/mol. The lowest BCUT2D eigenvalue weighted by molar-refractivity contribution is 0.0637. The number of hydrogen-bond donors (Lipinski definition) is 0. The van der Waals surface area contributed by atoms with Gasteiger partial charge in [0.2, 0.25) is 0 Å². The average molecular weight is 229 g/mol. The van der Waals surface area contributed by atoms with E-state index in [-0.39, 0.29) is 6.10 Å². The minimum Gasteiger partial charge on any atom is -0.373 e. The Morgan fingerprint density at radius 3 is 2.82 bits per heavy atom. The van der Waals surface area contributed by atoms with Crippen molar-refractivity contribution in [2.75, 3.05) is 0 Å². The summed E-state index contributed by atoms with van der Waals surface area (Å²) in [5.41, 5.74) is 2.47. The van der Waals surface area contributed by atoms with Gasteiger partial charge >= 0.3 is 0 Å². The highest BCUT2D eigenvalue weighted by molar-refractivity contribution is 5.86. The topological polar surface area (TPSA) is 39.2 Å². The summed E-state index contributed by atoms with van der Waals surface area (Å²) in [6.07, 6.45) is 1.04. The number of pyridine rings is 1. The second kappa shape index (κ2) is 5.06. The maximum absolute atomic E-state index is 10.7. The van der Waals surface area contributed by atoms with Gasteiger partial charge in [-0.1, -0.05) is 6.07 Å². The molecule has 88 valence electrons. The van der Waals surface area contributed by atoms with Gasteiger partial charge in [0.25, 0.3) is 0 Å². The lowest BCUT2D eigenvalue weighted by Gasteiger charge is -2.07. The Morgan fingerprint density at radius 2 is 2.12 bits per heavy atom. The fourth-order valence-electron chi connectivity index (χ4n) is 1.59. The van der Waals surface area contributed by atoms with Gasteiger partial charge in [0, 0.05) is 10.9 Å². The van der Waals surface area contributed by atoms with Crippen LogP contribution in [-0.2, 0) is 11.3 Å².